The molecule has 16 heavy (non-hydrogen) atoms. The summed E-state index contributed by atoms with van der Waals surface area (Å²) in [4.78, 5) is 6.55. The highest BCUT2D eigenvalue weighted by Crippen LogP contribution is 2.19. The van der Waals surface area contributed by atoms with Gasteiger partial charge in [-0.3, -0.25) is 4.98 Å². The lowest BCUT2D eigenvalue weighted by molar-refractivity contribution is 0.768. The maximum absolute atomic E-state index is 4.31. The molecule has 1 N–H and O–H groups in total. The van der Waals surface area contributed by atoms with Gasteiger partial charge in [0, 0.05) is 37.4 Å². The molecule has 84 valence electrons. The molecule has 0 aliphatic carbocycles. The average molecular weight is 215 g/mol. The molecule has 3 heteroatoms. The Bertz CT molecular complexity index is 467. The molecule has 0 fully saturated rings. The van der Waals surface area contributed by atoms with E-state index in [1.54, 1.807) is 0 Å². The summed E-state index contributed by atoms with van der Waals surface area (Å²) in [5.41, 5.74) is 2.28. The lowest BCUT2D eigenvalue weighted by atomic mass is 10.2. The predicted octanol–water partition coefficient (Wildman–Crippen LogP) is 1.89. The zero-order valence-electron chi connectivity index (χ0n) is 9.77. The molecule has 0 amide bonds. The van der Waals surface area contributed by atoms with E-state index in [-0.39, 0.29) is 0 Å². The Hall–Kier alpha value is -1.61. The number of anilines is 1. The fourth-order valence-electron chi connectivity index (χ4n) is 1.71. The van der Waals surface area contributed by atoms with E-state index in [1.807, 2.05) is 19.3 Å². The summed E-state index contributed by atoms with van der Waals surface area (Å²) in [6.07, 6.45) is 1.83. The first-order valence-corrected chi connectivity index (χ1v) is 5.52. The van der Waals surface area contributed by atoms with Crippen LogP contribution < -0.4 is 10.2 Å². The van der Waals surface area contributed by atoms with Crippen molar-refractivity contribution in [3.63, 3.8) is 0 Å². The summed E-state index contributed by atoms with van der Waals surface area (Å²) in [5.74, 6) is 0. The second-order valence-corrected chi connectivity index (χ2v) is 3.91. The van der Waals surface area contributed by atoms with Crippen molar-refractivity contribution in [1.82, 2.24) is 10.3 Å². The van der Waals surface area contributed by atoms with Crippen molar-refractivity contribution in [1.29, 1.82) is 0 Å². The van der Waals surface area contributed by atoms with Crippen molar-refractivity contribution in [3.05, 3.63) is 36.5 Å². The Kier molecular flexibility index (Phi) is 3.37. The van der Waals surface area contributed by atoms with E-state index in [2.05, 4.69) is 46.5 Å². The molecule has 0 spiro atoms. The molecule has 3 nitrogen and oxygen atoms in total. The van der Waals surface area contributed by atoms with E-state index < -0.39 is 0 Å². The molecule has 0 radical (unpaired) electrons. The summed E-state index contributed by atoms with van der Waals surface area (Å²) >= 11 is 0. The van der Waals surface area contributed by atoms with Gasteiger partial charge in [0.2, 0.25) is 0 Å². The van der Waals surface area contributed by atoms with Crippen molar-refractivity contribution < 1.29 is 0 Å². The molecule has 0 bridgehead atoms. The number of rotatable bonds is 4. The maximum atomic E-state index is 4.31. The number of benzene rings is 1. The normalized spacial score (nSPS) is 10.6. The number of pyridine rings is 1. The van der Waals surface area contributed by atoms with E-state index in [0.29, 0.717) is 0 Å². The molecule has 0 atom stereocenters. The first-order chi connectivity index (χ1) is 7.81. The van der Waals surface area contributed by atoms with Gasteiger partial charge in [0.25, 0.3) is 0 Å². The van der Waals surface area contributed by atoms with Crippen LogP contribution in [0.2, 0.25) is 0 Å². The van der Waals surface area contributed by atoms with Crippen molar-refractivity contribution >= 4 is 16.6 Å². The van der Waals surface area contributed by atoms with Gasteiger partial charge >= 0.3 is 0 Å². The summed E-state index contributed by atoms with van der Waals surface area (Å²) in [5, 5.41) is 4.34. The Morgan fingerprint density at radius 2 is 2.19 bits per heavy atom. The van der Waals surface area contributed by atoms with Crippen LogP contribution in [0.1, 0.15) is 0 Å². The summed E-state index contributed by atoms with van der Waals surface area (Å²) in [7, 11) is 4.08. The molecular formula is C13H17N3. The van der Waals surface area contributed by atoms with E-state index in [9.17, 15) is 0 Å². The minimum atomic E-state index is 0.988. The SMILES string of the molecule is CNCCN(C)c1ccc2ncccc2c1. The second kappa shape index (κ2) is 4.94. The summed E-state index contributed by atoms with van der Waals surface area (Å²) < 4.78 is 0. The fourth-order valence-corrected chi connectivity index (χ4v) is 1.71. The molecule has 1 aromatic carbocycles. The second-order valence-electron chi connectivity index (χ2n) is 3.91. The van der Waals surface area contributed by atoms with Crippen molar-refractivity contribution in [2.75, 3.05) is 32.1 Å². The van der Waals surface area contributed by atoms with Crippen LogP contribution in [0.25, 0.3) is 10.9 Å². The highest BCUT2D eigenvalue weighted by atomic mass is 15.1. The van der Waals surface area contributed by atoms with Crippen LogP contribution in [-0.2, 0) is 0 Å². The fraction of sp³-hybridized carbons (Fsp3) is 0.308. The van der Waals surface area contributed by atoms with E-state index >= 15 is 0 Å². The van der Waals surface area contributed by atoms with E-state index in [4.69, 9.17) is 0 Å². The van der Waals surface area contributed by atoms with Crippen LogP contribution in [-0.4, -0.2) is 32.2 Å². The Labute approximate surface area is 96.1 Å². The molecule has 1 heterocycles. The topological polar surface area (TPSA) is 28.2 Å². The maximum Gasteiger partial charge on any atom is 0.0703 e. The van der Waals surface area contributed by atoms with Crippen molar-refractivity contribution in [2.24, 2.45) is 0 Å². The van der Waals surface area contributed by atoms with Gasteiger partial charge in [-0.15, -0.1) is 0 Å². The minimum absolute atomic E-state index is 0.988. The van der Waals surface area contributed by atoms with Gasteiger partial charge in [0.15, 0.2) is 0 Å². The largest absolute Gasteiger partial charge is 0.373 e. The van der Waals surface area contributed by atoms with Crippen LogP contribution >= 0.6 is 0 Å². The number of hydrogen-bond acceptors (Lipinski definition) is 3. The molecule has 2 aromatic rings. The van der Waals surface area contributed by atoms with Gasteiger partial charge in [0.1, 0.15) is 0 Å². The van der Waals surface area contributed by atoms with Gasteiger partial charge in [-0.2, -0.15) is 0 Å². The number of nitrogens with one attached hydrogen (secondary N) is 1. The zero-order valence-corrected chi connectivity index (χ0v) is 9.77. The van der Waals surface area contributed by atoms with Crippen LogP contribution in [0, 0.1) is 0 Å². The number of fused-ring (bicyclic) bond motifs is 1. The molecule has 0 aliphatic rings. The van der Waals surface area contributed by atoms with Gasteiger partial charge in [-0.05, 0) is 31.3 Å². The van der Waals surface area contributed by atoms with Gasteiger partial charge in [0.05, 0.1) is 5.52 Å². The third kappa shape index (κ3) is 2.31. The molecule has 0 saturated carbocycles. The highest BCUT2D eigenvalue weighted by molar-refractivity contribution is 5.82. The molecule has 0 saturated heterocycles. The first kappa shape index (κ1) is 10.9. The quantitative estimate of drug-likeness (QED) is 0.844. The van der Waals surface area contributed by atoms with E-state index in [0.717, 1.165) is 18.6 Å². The van der Waals surface area contributed by atoms with Gasteiger partial charge < -0.3 is 10.2 Å². The van der Waals surface area contributed by atoms with Gasteiger partial charge in [-0.25, -0.2) is 0 Å². The molecular weight excluding hydrogens is 198 g/mol. The minimum Gasteiger partial charge on any atom is -0.373 e. The Balaban J connectivity index is 2.25. The molecule has 0 unspecified atom stereocenters. The number of aromatic nitrogens is 1. The molecule has 2 rings (SSSR count). The van der Waals surface area contributed by atoms with Crippen molar-refractivity contribution in [3.8, 4) is 0 Å². The third-order valence-corrected chi connectivity index (χ3v) is 2.72. The standard InChI is InChI=1S/C13H17N3/c1-14-8-9-16(2)12-5-6-13-11(10-12)4-3-7-15-13/h3-7,10,14H,8-9H2,1-2H3. The van der Waals surface area contributed by atoms with Gasteiger partial charge in [-0.1, -0.05) is 6.07 Å². The summed E-state index contributed by atoms with van der Waals surface area (Å²) in [6.45, 7) is 1.99. The Morgan fingerprint density at radius 3 is 3.00 bits per heavy atom. The third-order valence-electron chi connectivity index (χ3n) is 2.72. The Morgan fingerprint density at radius 1 is 1.31 bits per heavy atom. The monoisotopic (exact) mass is 215 g/mol. The van der Waals surface area contributed by atoms with Crippen LogP contribution in [0.5, 0.6) is 0 Å². The highest BCUT2D eigenvalue weighted by Gasteiger charge is 2.01. The van der Waals surface area contributed by atoms with Crippen LogP contribution in [0.15, 0.2) is 36.5 Å². The molecule has 1 aromatic heterocycles. The zero-order chi connectivity index (χ0) is 11.4. The van der Waals surface area contributed by atoms with E-state index in [1.165, 1.54) is 11.1 Å². The lowest BCUT2D eigenvalue weighted by Gasteiger charge is -2.19. The number of nitrogens with zero attached hydrogens (tertiary/aromatic N) is 2. The van der Waals surface area contributed by atoms with Crippen LogP contribution in [0.4, 0.5) is 5.69 Å². The van der Waals surface area contributed by atoms with Crippen LogP contribution in [0.3, 0.4) is 0 Å². The predicted molar refractivity (Wildman–Crippen MR) is 68.9 cm³/mol. The molecule has 0 aliphatic heterocycles. The lowest BCUT2D eigenvalue weighted by Crippen LogP contribution is -2.26. The number of hydrogen-bond donors (Lipinski definition) is 1. The van der Waals surface area contributed by atoms with Crippen molar-refractivity contribution in [2.45, 2.75) is 0 Å². The summed E-state index contributed by atoms with van der Waals surface area (Å²) in [6, 6.07) is 10.4. The smallest absolute Gasteiger partial charge is 0.0703 e. The number of likely N-dealkylation sites (N-methyl/N-ethyl adjacent to an activating group) is 2. The first-order valence-electron chi connectivity index (χ1n) is 5.52. The average Bonchev–Trinajstić information content (AvgIpc) is 2.35.